The molecule has 0 aromatic heterocycles. The topological polar surface area (TPSA) is 218 Å². The van der Waals surface area contributed by atoms with Crippen molar-refractivity contribution < 1.29 is 72.5 Å². The van der Waals surface area contributed by atoms with Crippen molar-refractivity contribution in [3.05, 3.63) is 0 Å². The van der Waals surface area contributed by atoms with Crippen LogP contribution in [0.3, 0.4) is 0 Å². The lowest BCUT2D eigenvalue weighted by atomic mass is 10.2. The lowest BCUT2D eigenvalue weighted by Gasteiger charge is -2.32. The molecule has 0 saturated carbocycles. The third kappa shape index (κ3) is 6.89. The third-order valence-electron chi connectivity index (χ3n) is 4.53. The van der Waals surface area contributed by atoms with Gasteiger partial charge < -0.3 is 43.7 Å². The van der Waals surface area contributed by atoms with Gasteiger partial charge in [-0.05, 0) is 19.3 Å². The van der Waals surface area contributed by atoms with Gasteiger partial charge in [0.25, 0.3) is 0 Å². The summed E-state index contributed by atoms with van der Waals surface area (Å²) < 4.78 is 29.0. The second-order valence-corrected chi connectivity index (χ2v) is 7.57. The molecule has 0 radical (unpaired) electrons. The standard InChI is InChI=1S/C21H30O15/c1-4-7-13(25)31-19(10-22)16(28)35-21(12-24,33-15(27)9-6-3)18(30)36-20(11-23,17(29)34-19)32-14(26)8-5-2/h22-24H,4-12H2,1-3H3. The van der Waals surface area contributed by atoms with E-state index in [9.17, 15) is 44.1 Å². The zero-order chi connectivity index (χ0) is 27.6. The highest BCUT2D eigenvalue weighted by Crippen LogP contribution is 2.31. The van der Waals surface area contributed by atoms with Gasteiger partial charge in [0.1, 0.15) is 19.8 Å². The number of rotatable bonds is 12. The Morgan fingerprint density at radius 3 is 0.972 bits per heavy atom. The van der Waals surface area contributed by atoms with Gasteiger partial charge >= 0.3 is 53.2 Å². The highest BCUT2D eigenvalue weighted by atomic mass is 16.8. The average Bonchev–Trinajstić information content (AvgIpc) is 2.84. The predicted octanol–water partition coefficient (Wildman–Crippen LogP) is -1.27. The number of ether oxygens (including phenoxy) is 6. The second kappa shape index (κ2) is 13.1. The lowest BCUT2D eigenvalue weighted by molar-refractivity contribution is -0.275. The molecular formula is C21H30O15. The number of hydrogen-bond acceptors (Lipinski definition) is 15. The Hall–Kier alpha value is -3.30. The molecule has 3 N–H and O–H groups in total. The van der Waals surface area contributed by atoms with Crippen molar-refractivity contribution in [2.45, 2.75) is 76.7 Å². The maximum Gasteiger partial charge on any atom is 0.399 e. The molecule has 0 aliphatic carbocycles. The molecule has 15 heteroatoms. The second-order valence-electron chi connectivity index (χ2n) is 7.57. The Balaban J connectivity index is 3.77. The van der Waals surface area contributed by atoms with Gasteiger partial charge in [0, 0.05) is 19.3 Å². The molecule has 204 valence electrons. The number of aliphatic hydroxyl groups excluding tert-OH is 3. The minimum absolute atomic E-state index is 0.190. The Morgan fingerprint density at radius 2 is 0.806 bits per heavy atom. The van der Waals surface area contributed by atoms with Gasteiger partial charge in [0.05, 0.1) is 0 Å². The summed E-state index contributed by atoms with van der Waals surface area (Å²) in [4.78, 5) is 75.6. The highest BCUT2D eigenvalue weighted by molar-refractivity contribution is 5.94. The van der Waals surface area contributed by atoms with Crippen molar-refractivity contribution >= 4 is 35.8 Å². The number of cyclic esters (lactones) is 3. The van der Waals surface area contributed by atoms with E-state index in [0.29, 0.717) is 0 Å². The van der Waals surface area contributed by atoms with Crippen molar-refractivity contribution in [2.24, 2.45) is 0 Å². The van der Waals surface area contributed by atoms with Crippen molar-refractivity contribution in [1.29, 1.82) is 0 Å². The van der Waals surface area contributed by atoms with Crippen molar-refractivity contribution in [2.75, 3.05) is 19.8 Å². The van der Waals surface area contributed by atoms with Crippen LogP contribution in [0.25, 0.3) is 0 Å². The van der Waals surface area contributed by atoms with Gasteiger partial charge in [-0.1, -0.05) is 20.8 Å². The van der Waals surface area contributed by atoms with E-state index in [-0.39, 0.29) is 38.5 Å². The van der Waals surface area contributed by atoms with Crippen LogP contribution < -0.4 is 0 Å². The van der Waals surface area contributed by atoms with E-state index in [0.717, 1.165) is 0 Å². The number of hydrogen-bond donors (Lipinski definition) is 3. The number of esters is 6. The molecule has 1 fully saturated rings. The molecule has 3 unspecified atom stereocenters. The quantitative estimate of drug-likeness (QED) is 0.201. The van der Waals surface area contributed by atoms with Crippen molar-refractivity contribution in [1.82, 2.24) is 0 Å². The van der Waals surface area contributed by atoms with Crippen LogP contribution in [0.4, 0.5) is 0 Å². The van der Waals surface area contributed by atoms with Crippen molar-refractivity contribution in [3.63, 3.8) is 0 Å². The van der Waals surface area contributed by atoms with Crippen LogP contribution in [0.15, 0.2) is 0 Å². The van der Waals surface area contributed by atoms with Crippen molar-refractivity contribution in [3.8, 4) is 0 Å². The number of carbonyl (C=O) groups excluding carboxylic acids is 6. The molecule has 15 nitrogen and oxygen atoms in total. The normalized spacial score (nSPS) is 26.3. The molecule has 36 heavy (non-hydrogen) atoms. The van der Waals surface area contributed by atoms with Gasteiger partial charge in [-0.15, -0.1) is 0 Å². The van der Waals surface area contributed by atoms with Crippen LogP contribution in [0.2, 0.25) is 0 Å². The zero-order valence-corrected chi connectivity index (χ0v) is 20.1. The molecule has 1 heterocycles. The van der Waals surface area contributed by atoms with Crippen LogP contribution in [0.1, 0.15) is 59.3 Å². The summed E-state index contributed by atoms with van der Waals surface area (Å²) in [6, 6.07) is 0. The molecular weight excluding hydrogens is 492 g/mol. The minimum atomic E-state index is -3.34. The van der Waals surface area contributed by atoms with E-state index < -0.39 is 73.0 Å². The van der Waals surface area contributed by atoms with E-state index in [1.54, 1.807) is 20.8 Å². The van der Waals surface area contributed by atoms with Gasteiger partial charge in [-0.2, -0.15) is 0 Å². The summed E-state index contributed by atoms with van der Waals surface area (Å²) in [6.45, 7) is -0.134. The molecule has 1 aliphatic rings. The SMILES string of the molecule is CCCC(=O)OC1(CO)OC(=O)C(CO)(OC(=O)CCC)OC(=O)C(CO)(OC(=O)CCC)OC1=O. The van der Waals surface area contributed by atoms with Crippen LogP contribution in [-0.4, -0.2) is 88.3 Å². The Kier molecular flexibility index (Phi) is 11.2. The maximum absolute atomic E-state index is 13.0. The zero-order valence-electron chi connectivity index (χ0n) is 20.1. The maximum atomic E-state index is 13.0. The van der Waals surface area contributed by atoms with Crippen LogP contribution in [0, 0.1) is 0 Å². The van der Waals surface area contributed by atoms with Gasteiger partial charge in [0.2, 0.25) is 0 Å². The fraction of sp³-hybridized carbons (Fsp3) is 0.714. The summed E-state index contributed by atoms with van der Waals surface area (Å²) in [6.07, 6.45) is -0.445. The largest absolute Gasteiger partial charge is 0.410 e. The lowest BCUT2D eigenvalue weighted by Crippen LogP contribution is -2.57. The molecule has 0 bridgehead atoms. The van der Waals surface area contributed by atoms with E-state index in [1.165, 1.54) is 0 Å². The van der Waals surface area contributed by atoms with Gasteiger partial charge in [-0.3, -0.25) is 14.4 Å². The molecule has 1 saturated heterocycles. The molecule has 0 aromatic rings. The molecule has 1 rings (SSSR count). The summed E-state index contributed by atoms with van der Waals surface area (Å²) in [7, 11) is 0. The molecule has 1 aliphatic heterocycles. The van der Waals surface area contributed by atoms with Crippen LogP contribution in [0.5, 0.6) is 0 Å². The fourth-order valence-electron chi connectivity index (χ4n) is 2.70. The van der Waals surface area contributed by atoms with E-state index in [4.69, 9.17) is 28.4 Å². The average molecular weight is 522 g/mol. The van der Waals surface area contributed by atoms with E-state index in [2.05, 4.69) is 0 Å². The number of aliphatic hydroxyl groups is 3. The molecule has 0 amide bonds. The highest BCUT2D eigenvalue weighted by Gasteiger charge is 2.64. The first kappa shape index (κ1) is 30.7. The summed E-state index contributed by atoms with van der Waals surface area (Å²) in [5.41, 5.74) is 0. The summed E-state index contributed by atoms with van der Waals surface area (Å²) >= 11 is 0. The van der Waals surface area contributed by atoms with E-state index >= 15 is 0 Å². The molecule has 3 atom stereocenters. The smallest absolute Gasteiger partial charge is 0.399 e. The fourth-order valence-corrected chi connectivity index (χ4v) is 2.70. The Morgan fingerprint density at radius 1 is 0.583 bits per heavy atom. The Bertz CT molecular complexity index is 745. The third-order valence-corrected chi connectivity index (χ3v) is 4.53. The van der Waals surface area contributed by atoms with Crippen LogP contribution >= 0.6 is 0 Å². The first-order chi connectivity index (χ1) is 16.9. The number of carbonyl (C=O) groups is 6. The minimum Gasteiger partial charge on any atom is -0.410 e. The monoisotopic (exact) mass is 522 g/mol. The summed E-state index contributed by atoms with van der Waals surface area (Å²) in [5.74, 6) is -19.5. The first-order valence-electron chi connectivity index (χ1n) is 11.1. The first-order valence-corrected chi connectivity index (χ1v) is 11.1. The summed E-state index contributed by atoms with van der Waals surface area (Å²) in [5, 5.41) is 29.8. The van der Waals surface area contributed by atoms with E-state index in [1.807, 2.05) is 0 Å². The van der Waals surface area contributed by atoms with Gasteiger partial charge in [-0.25, -0.2) is 14.4 Å². The Labute approximate surface area is 205 Å². The predicted molar refractivity (Wildman–Crippen MR) is 111 cm³/mol. The van der Waals surface area contributed by atoms with Gasteiger partial charge in [0.15, 0.2) is 0 Å². The molecule has 0 spiro atoms. The molecule has 0 aromatic carbocycles. The van der Waals surface area contributed by atoms with Crippen LogP contribution in [-0.2, 0) is 57.2 Å².